The molecule has 0 aliphatic carbocycles. The number of carbonyl (C=O) groups excluding carboxylic acids is 1. The zero-order valence-electron chi connectivity index (χ0n) is 19.1. The Morgan fingerprint density at radius 3 is 2.48 bits per heavy atom. The van der Waals surface area contributed by atoms with Crippen LogP contribution in [0.4, 0.5) is 5.69 Å². The Morgan fingerprint density at radius 2 is 1.88 bits per heavy atom. The quantitative estimate of drug-likeness (QED) is 0.558. The molecule has 0 aromatic heterocycles. The molecule has 0 radical (unpaired) electrons. The maximum Gasteiger partial charge on any atom is 0.341 e. The molecule has 1 atom stereocenters. The maximum atomic E-state index is 12.8. The van der Waals surface area contributed by atoms with Crippen molar-refractivity contribution in [3.8, 4) is 17.2 Å². The average Bonchev–Trinajstić information content (AvgIpc) is 3.06. The third-order valence-corrected chi connectivity index (χ3v) is 6.60. The van der Waals surface area contributed by atoms with Crippen molar-refractivity contribution in [3.63, 3.8) is 0 Å². The Hall–Kier alpha value is -3.33. The lowest BCUT2D eigenvalue weighted by Gasteiger charge is -2.19. The molecule has 2 aromatic rings. The van der Waals surface area contributed by atoms with E-state index in [1.807, 2.05) is 35.7 Å². The van der Waals surface area contributed by atoms with E-state index in [-0.39, 0.29) is 5.91 Å². The second-order valence-electron chi connectivity index (χ2n) is 7.77. The number of aliphatic carboxylic acids is 1. The van der Waals surface area contributed by atoms with Crippen LogP contribution in [-0.4, -0.2) is 65.5 Å². The lowest BCUT2D eigenvalue weighted by molar-refractivity contribution is -0.139. The van der Waals surface area contributed by atoms with Gasteiger partial charge in [-0.3, -0.25) is 9.69 Å². The Kier molecular flexibility index (Phi) is 8.11. The van der Waals surface area contributed by atoms with Gasteiger partial charge in [0, 0.05) is 6.54 Å². The first-order valence-corrected chi connectivity index (χ1v) is 11.9. The van der Waals surface area contributed by atoms with Crippen LogP contribution in [0.2, 0.25) is 0 Å². The van der Waals surface area contributed by atoms with Crippen LogP contribution in [0.3, 0.4) is 0 Å². The molecule has 1 heterocycles. The number of ether oxygens (including phenoxy) is 3. The molecule has 1 aliphatic rings. The van der Waals surface area contributed by atoms with Crippen LogP contribution in [0, 0.1) is 5.92 Å². The number of aliphatic imine (C=N–C) groups is 1. The van der Waals surface area contributed by atoms with Crippen LogP contribution < -0.4 is 14.2 Å². The van der Waals surface area contributed by atoms with Crippen molar-refractivity contribution in [2.75, 3.05) is 33.1 Å². The number of amidine groups is 1. The van der Waals surface area contributed by atoms with Gasteiger partial charge in [0.05, 0.1) is 25.7 Å². The molecule has 2 aromatic carbocycles. The molecule has 1 aliphatic heterocycles. The lowest BCUT2D eigenvalue weighted by atomic mass is 10.2. The lowest BCUT2D eigenvalue weighted by Crippen LogP contribution is -2.33. The predicted octanol–water partition coefficient (Wildman–Crippen LogP) is 3.77. The van der Waals surface area contributed by atoms with Gasteiger partial charge in [-0.2, -0.15) is 0 Å². The highest BCUT2D eigenvalue weighted by molar-refractivity contribution is 8.29. The van der Waals surface area contributed by atoms with Gasteiger partial charge in [-0.1, -0.05) is 19.9 Å². The van der Waals surface area contributed by atoms with Gasteiger partial charge in [0.25, 0.3) is 0 Å². The summed E-state index contributed by atoms with van der Waals surface area (Å²) in [6.45, 7) is 4.27. The topological polar surface area (TPSA) is 97.7 Å². The Bertz CT molecular complexity index is 1080. The zero-order valence-corrected chi connectivity index (χ0v) is 19.9. The summed E-state index contributed by atoms with van der Waals surface area (Å²) in [6.07, 6.45) is 0. The number of amides is 1. The van der Waals surface area contributed by atoms with Gasteiger partial charge >= 0.3 is 5.97 Å². The van der Waals surface area contributed by atoms with Crippen LogP contribution >= 0.6 is 10.5 Å². The molecule has 176 valence electrons. The van der Waals surface area contributed by atoms with E-state index in [4.69, 9.17) is 24.3 Å². The van der Waals surface area contributed by atoms with Crippen molar-refractivity contribution in [1.29, 1.82) is 0 Å². The SMILES string of the molecule is COc1ccc(N=C2N(CC(C)C)C(=O)C/S2=C\c2ccc(OCC(=O)O)c(OC)c2)cc1. The molecule has 1 saturated heterocycles. The monoisotopic (exact) mass is 472 g/mol. The minimum absolute atomic E-state index is 0.0453. The van der Waals surface area contributed by atoms with Crippen molar-refractivity contribution in [2.24, 2.45) is 10.9 Å². The fraction of sp³-hybridized carbons (Fsp3) is 0.333. The molecule has 33 heavy (non-hydrogen) atoms. The number of carboxylic acid groups (broad SMARTS) is 1. The number of hydrogen-bond donors (Lipinski definition) is 1. The first-order valence-electron chi connectivity index (χ1n) is 10.4. The summed E-state index contributed by atoms with van der Waals surface area (Å²) in [5.41, 5.74) is 1.58. The van der Waals surface area contributed by atoms with Crippen molar-refractivity contribution >= 4 is 38.6 Å². The Balaban J connectivity index is 1.98. The van der Waals surface area contributed by atoms with Gasteiger partial charge in [-0.05, 0) is 53.2 Å². The van der Waals surface area contributed by atoms with E-state index >= 15 is 0 Å². The Labute approximate surface area is 195 Å². The van der Waals surface area contributed by atoms with E-state index in [9.17, 15) is 9.59 Å². The smallest absolute Gasteiger partial charge is 0.341 e. The molecular weight excluding hydrogens is 444 g/mol. The average molecular weight is 473 g/mol. The van der Waals surface area contributed by atoms with E-state index in [1.54, 1.807) is 24.1 Å². The van der Waals surface area contributed by atoms with Gasteiger partial charge in [0.2, 0.25) is 5.91 Å². The summed E-state index contributed by atoms with van der Waals surface area (Å²) in [6, 6.07) is 12.7. The first kappa shape index (κ1) is 24.3. The molecule has 1 fully saturated rings. The van der Waals surface area contributed by atoms with Crippen LogP contribution in [0.25, 0.3) is 0 Å². The fourth-order valence-electron chi connectivity index (χ4n) is 3.23. The predicted molar refractivity (Wildman–Crippen MR) is 130 cm³/mol. The number of methoxy groups -OCH3 is 2. The van der Waals surface area contributed by atoms with Gasteiger partial charge in [-0.15, -0.1) is 10.5 Å². The van der Waals surface area contributed by atoms with Crippen molar-refractivity contribution in [3.05, 3.63) is 48.0 Å². The van der Waals surface area contributed by atoms with Crippen LogP contribution in [-0.2, 0) is 9.59 Å². The summed E-state index contributed by atoms with van der Waals surface area (Å²) in [5.74, 6) is 1.13. The van der Waals surface area contributed by atoms with Crippen molar-refractivity contribution in [2.45, 2.75) is 13.8 Å². The highest BCUT2D eigenvalue weighted by Gasteiger charge is 2.31. The third-order valence-electron chi connectivity index (χ3n) is 4.71. The van der Waals surface area contributed by atoms with Crippen LogP contribution in [0.5, 0.6) is 17.2 Å². The van der Waals surface area contributed by atoms with Gasteiger partial charge in [0.1, 0.15) is 5.75 Å². The number of carbonyl (C=O) groups is 2. The fourth-order valence-corrected chi connectivity index (χ4v) is 5.13. The molecule has 0 spiro atoms. The number of carboxylic acids is 1. The van der Waals surface area contributed by atoms with E-state index < -0.39 is 23.1 Å². The molecule has 1 amide bonds. The summed E-state index contributed by atoms with van der Waals surface area (Å²) < 4.78 is 15.9. The molecular formula is C24H28N2O6S. The van der Waals surface area contributed by atoms with Crippen molar-refractivity contribution in [1.82, 2.24) is 4.90 Å². The van der Waals surface area contributed by atoms with E-state index in [1.165, 1.54) is 7.11 Å². The molecule has 0 saturated carbocycles. The summed E-state index contributed by atoms with van der Waals surface area (Å²) in [7, 11) is 2.56. The summed E-state index contributed by atoms with van der Waals surface area (Å²) in [5, 5.41) is 11.6. The van der Waals surface area contributed by atoms with Crippen molar-refractivity contribution < 1.29 is 28.9 Å². The number of nitrogens with zero attached hydrogens (tertiary/aromatic N) is 2. The van der Waals surface area contributed by atoms with Gasteiger partial charge in [0.15, 0.2) is 23.3 Å². The minimum Gasteiger partial charge on any atom is -0.497 e. The van der Waals surface area contributed by atoms with Crippen LogP contribution in [0.15, 0.2) is 47.5 Å². The molecule has 1 unspecified atom stereocenters. The highest BCUT2D eigenvalue weighted by atomic mass is 32.2. The minimum atomic E-state index is -1.07. The molecule has 3 rings (SSSR count). The molecule has 9 heteroatoms. The largest absolute Gasteiger partial charge is 0.497 e. The number of rotatable bonds is 9. The zero-order chi connectivity index (χ0) is 24.0. The van der Waals surface area contributed by atoms with E-state index in [0.717, 1.165) is 22.2 Å². The number of benzene rings is 2. The van der Waals surface area contributed by atoms with E-state index in [0.29, 0.717) is 29.7 Å². The van der Waals surface area contributed by atoms with E-state index in [2.05, 4.69) is 13.8 Å². The third kappa shape index (κ3) is 6.35. The molecule has 8 nitrogen and oxygen atoms in total. The summed E-state index contributed by atoms with van der Waals surface area (Å²) >= 11 is 0. The van der Waals surface area contributed by atoms with Gasteiger partial charge < -0.3 is 19.3 Å². The second kappa shape index (κ2) is 11.0. The maximum absolute atomic E-state index is 12.8. The normalized spacial score (nSPS) is 17.1. The van der Waals surface area contributed by atoms with Crippen LogP contribution in [0.1, 0.15) is 19.4 Å². The number of hydrogen-bond acceptors (Lipinski definition) is 6. The van der Waals surface area contributed by atoms with Gasteiger partial charge in [-0.25, -0.2) is 9.79 Å². The first-order chi connectivity index (χ1) is 15.8. The standard InChI is InChI=1S/C24H28N2O6S/c1-16(2)12-26-22(27)15-33(24(26)25-18-6-8-19(30-3)9-7-18)14-17-5-10-20(21(11-17)31-4)32-13-23(28)29/h5-11,14,16H,12-13,15H2,1-4H3,(H,28,29). The Morgan fingerprint density at radius 1 is 1.15 bits per heavy atom. The summed E-state index contributed by atoms with van der Waals surface area (Å²) in [4.78, 5) is 30.3. The molecule has 1 N–H and O–H groups in total. The highest BCUT2D eigenvalue weighted by Crippen LogP contribution is 2.33. The second-order valence-corrected chi connectivity index (χ2v) is 9.52. The molecule has 0 bridgehead atoms.